The zero-order valence-electron chi connectivity index (χ0n) is 14.7. The van der Waals surface area contributed by atoms with Gasteiger partial charge in [-0.2, -0.15) is 4.31 Å². The quantitative estimate of drug-likeness (QED) is 0.736. The summed E-state index contributed by atoms with van der Waals surface area (Å²) in [5.74, 6) is 0.341. The van der Waals surface area contributed by atoms with Crippen molar-refractivity contribution in [2.24, 2.45) is 0 Å². The highest BCUT2D eigenvalue weighted by molar-refractivity contribution is 7.89. The van der Waals surface area contributed by atoms with Gasteiger partial charge in [-0.1, -0.05) is 18.2 Å². The zero-order chi connectivity index (χ0) is 18.4. The molecule has 1 N–H and O–H groups in total. The second-order valence-electron chi connectivity index (χ2n) is 5.91. The fraction of sp³-hybridized carbons (Fsp3) is 0.389. The first-order valence-electron chi connectivity index (χ1n) is 8.48. The van der Waals surface area contributed by atoms with Crippen LogP contribution in [0.5, 0.6) is 5.75 Å². The molecule has 140 valence electrons. The van der Waals surface area contributed by atoms with Crippen LogP contribution >= 0.6 is 0 Å². The molecule has 26 heavy (non-hydrogen) atoms. The lowest BCUT2D eigenvalue weighted by molar-refractivity contribution is 0.144. The number of aromatic nitrogens is 1. The fourth-order valence-electron chi connectivity index (χ4n) is 2.97. The first kappa shape index (κ1) is 18.8. The zero-order valence-corrected chi connectivity index (χ0v) is 15.5. The maximum absolute atomic E-state index is 13.4. The lowest BCUT2D eigenvalue weighted by atomic mass is 10.1. The number of benzene rings is 1. The van der Waals surface area contributed by atoms with E-state index in [0.717, 1.165) is 5.56 Å². The Bertz CT molecular complexity index is 814. The first-order chi connectivity index (χ1) is 12.6. The minimum Gasteiger partial charge on any atom is -0.490 e. The Morgan fingerprint density at radius 1 is 1.23 bits per heavy atom. The van der Waals surface area contributed by atoms with Crippen molar-refractivity contribution >= 4 is 10.0 Å². The molecule has 0 radical (unpaired) electrons. The van der Waals surface area contributed by atoms with Crippen LogP contribution in [-0.2, 0) is 14.8 Å². The van der Waals surface area contributed by atoms with Crippen LogP contribution in [0, 0.1) is 0 Å². The molecule has 1 aromatic heterocycles. The van der Waals surface area contributed by atoms with E-state index in [1.807, 2.05) is 12.1 Å². The molecular formula is C18H23N3O4S. The summed E-state index contributed by atoms with van der Waals surface area (Å²) in [7, 11) is -2.15. The van der Waals surface area contributed by atoms with E-state index in [1.165, 1.54) is 4.31 Å². The largest absolute Gasteiger partial charge is 0.490 e. The summed E-state index contributed by atoms with van der Waals surface area (Å²) in [5.41, 5.74) is 0.862. The van der Waals surface area contributed by atoms with Crippen molar-refractivity contribution in [3.63, 3.8) is 0 Å². The number of ether oxygens (including phenoxy) is 2. The number of piperazine rings is 1. The van der Waals surface area contributed by atoms with Crippen molar-refractivity contribution in [3.05, 3.63) is 54.4 Å². The highest BCUT2D eigenvalue weighted by Crippen LogP contribution is 2.32. The average Bonchev–Trinajstić information content (AvgIpc) is 2.69. The molecule has 2 heterocycles. The van der Waals surface area contributed by atoms with Crippen LogP contribution in [0.15, 0.2) is 53.7 Å². The molecule has 1 saturated heterocycles. The lowest BCUT2D eigenvalue weighted by Gasteiger charge is -2.35. The molecule has 0 bridgehead atoms. The molecule has 0 spiro atoms. The Balaban J connectivity index is 1.93. The molecule has 1 aromatic carbocycles. The molecule has 1 atom stereocenters. The number of pyridine rings is 1. The van der Waals surface area contributed by atoms with Crippen LogP contribution in [0.2, 0.25) is 0 Å². The Hall–Kier alpha value is -2.00. The molecule has 0 saturated carbocycles. The van der Waals surface area contributed by atoms with Gasteiger partial charge in [0, 0.05) is 39.1 Å². The van der Waals surface area contributed by atoms with Gasteiger partial charge in [-0.3, -0.25) is 4.98 Å². The first-order valence-corrected chi connectivity index (χ1v) is 9.92. The summed E-state index contributed by atoms with van der Waals surface area (Å²) < 4.78 is 38.9. The molecule has 0 aliphatic carbocycles. The van der Waals surface area contributed by atoms with Gasteiger partial charge >= 0.3 is 0 Å². The number of rotatable bonds is 7. The second kappa shape index (κ2) is 8.59. The molecule has 8 heteroatoms. The summed E-state index contributed by atoms with van der Waals surface area (Å²) in [5, 5.41) is 3.26. The van der Waals surface area contributed by atoms with Crippen molar-refractivity contribution < 1.29 is 17.9 Å². The fourth-order valence-corrected chi connectivity index (χ4v) is 4.72. The molecule has 1 aliphatic rings. The SMILES string of the molecule is COCCOc1ccccc1S(=O)(=O)N1CCNCC1c1cccnc1. The van der Waals surface area contributed by atoms with Crippen molar-refractivity contribution in [2.45, 2.75) is 10.9 Å². The topological polar surface area (TPSA) is 80.8 Å². The second-order valence-corrected chi connectivity index (χ2v) is 7.77. The number of hydrogen-bond donors (Lipinski definition) is 1. The highest BCUT2D eigenvalue weighted by atomic mass is 32.2. The van der Waals surface area contributed by atoms with Gasteiger partial charge in [0.25, 0.3) is 0 Å². The number of sulfonamides is 1. The third kappa shape index (κ3) is 4.04. The van der Waals surface area contributed by atoms with Gasteiger partial charge in [-0.15, -0.1) is 0 Å². The Kier molecular flexibility index (Phi) is 6.20. The van der Waals surface area contributed by atoms with Crippen LogP contribution in [0.3, 0.4) is 0 Å². The normalized spacial score (nSPS) is 18.6. The van der Waals surface area contributed by atoms with E-state index in [9.17, 15) is 8.42 Å². The highest BCUT2D eigenvalue weighted by Gasteiger charge is 2.36. The van der Waals surface area contributed by atoms with Crippen molar-refractivity contribution in [2.75, 3.05) is 40.0 Å². The molecule has 1 fully saturated rings. The van der Waals surface area contributed by atoms with Crippen LogP contribution in [0.25, 0.3) is 0 Å². The summed E-state index contributed by atoms with van der Waals surface area (Å²) in [6.07, 6.45) is 3.39. The molecule has 1 aliphatic heterocycles. The van der Waals surface area contributed by atoms with Crippen molar-refractivity contribution in [1.29, 1.82) is 0 Å². The standard InChI is InChI=1S/C18H23N3O4S/c1-24-11-12-25-17-6-2-3-7-18(17)26(22,23)21-10-9-20-14-16(21)15-5-4-8-19-13-15/h2-8,13,16,20H,9-12,14H2,1H3. The summed E-state index contributed by atoms with van der Waals surface area (Å²) >= 11 is 0. The molecule has 2 aromatic rings. The summed E-state index contributed by atoms with van der Waals surface area (Å²) in [4.78, 5) is 4.30. The number of nitrogens with zero attached hydrogens (tertiary/aromatic N) is 2. The van der Waals surface area contributed by atoms with Gasteiger partial charge in [-0.05, 0) is 23.8 Å². The van der Waals surface area contributed by atoms with Gasteiger partial charge in [0.15, 0.2) is 0 Å². The third-order valence-corrected chi connectivity index (χ3v) is 6.19. The monoisotopic (exact) mass is 377 g/mol. The molecular weight excluding hydrogens is 354 g/mol. The third-order valence-electron chi connectivity index (χ3n) is 4.24. The Morgan fingerprint density at radius 3 is 2.85 bits per heavy atom. The molecule has 0 amide bonds. The summed E-state index contributed by atoms with van der Waals surface area (Å²) in [6, 6.07) is 10.1. The van der Waals surface area contributed by atoms with E-state index in [4.69, 9.17) is 9.47 Å². The van der Waals surface area contributed by atoms with Crippen LogP contribution in [0.1, 0.15) is 11.6 Å². The number of para-hydroxylation sites is 1. The minimum absolute atomic E-state index is 0.173. The minimum atomic E-state index is -3.73. The van der Waals surface area contributed by atoms with Gasteiger partial charge in [0.1, 0.15) is 17.3 Å². The van der Waals surface area contributed by atoms with Gasteiger partial charge in [0.2, 0.25) is 10.0 Å². The van der Waals surface area contributed by atoms with E-state index in [2.05, 4.69) is 10.3 Å². The van der Waals surface area contributed by atoms with Gasteiger partial charge < -0.3 is 14.8 Å². The smallest absolute Gasteiger partial charge is 0.247 e. The Labute approximate surface area is 154 Å². The Morgan fingerprint density at radius 2 is 2.08 bits per heavy atom. The van der Waals surface area contributed by atoms with Crippen LogP contribution in [0.4, 0.5) is 0 Å². The predicted octanol–water partition coefficient (Wildman–Crippen LogP) is 1.44. The van der Waals surface area contributed by atoms with Crippen LogP contribution < -0.4 is 10.1 Å². The van der Waals surface area contributed by atoms with E-state index in [1.54, 1.807) is 43.8 Å². The number of hydrogen-bond acceptors (Lipinski definition) is 6. The van der Waals surface area contributed by atoms with E-state index in [-0.39, 0.29) is 17.5 Å². The van der Waals surface area contributed by atoms with Crippen molar-refractivity contribution in [3.8, 4) is 5.75 Å². The molecule has 3 rings (SSSR count). The van der Waals surface area contributed by atoms with E-state index >= 15 is 0 Å². The maximum Gasteiger partial charge on any atom is 0.247 e. The summed E-state index contributed by atoms with van der Waals surface area (Å²) in [6.45, 7) is 2.20. The van der Waals surface area contributed by atoms with E-state index < -0.39 is 10.0 Å². The average molecular weight is 377 g/mol. The predicted molar refractivity (Wildman–Crippen MR) is 97.6 cm³/mol. The number of methoxy groups -OCH3 is 1. The number of nitrogens with one attached hydrogen (secondary N) is 1. The van der Waals surface area contributed by atoms with Crippen molar-refractivity contribution in [1.82, 2.24) is 14.6 Å². The van der Waals surface area contributed by atoms with Crippen LogP contribution in [-0.4, -0.2) is 57.7 Å². The lowest BCUT2D eigenvalue weighted by Crippen LogP contribution is -2.48. The van der Waals surface area contributed by atoms with Gasteiger partial charge in [-0.25, -0.2) is 8.42 Å². The maximum atomic E-state index is 13.4. The molecule has 1 unspecified atom stereocenters. The van der Waals surface area contributed by atoms with Gasteiger partial charge in [0.05, 0.1) is 12.6 Å². The molecule has 7 nitrogen and oxygen atoms in total. The van der Waals surface area contributed by atoms with E-state index in [0.29, 0.717) is 32.0 Å².